The predicted octanol–water partition coefficient (Wildman–Crippen LogP) is 4.94. The van der Waals surface area contributed by atoms with Gasteiger partial charge < -0.3 is 15.0 Å². The van der Waals surface area contributed by atoms with Crippen molar-refractivity contribution < 1.29 is 19.5 Å². The molecule has 0 spiro atoms. The zero-order valence-corrected chi connectivity index (χ0v) is 19.1. The van der Waals surface area contributed by atoms with Gasteiger partial charge in [0.15, 0.2) is 0 Å². The number of aromatic amines is 1. The maximum Gasteiger partial charge on any atom is 0.274 e. The summed E-state index contributed by atoms with van der Waals surface area (Å²) in [7, 11) is 0. The third-order valence-electron chi connectivity index (χ3n) is 5.70. The van der Waals surface area contributed by atoms with Gasteiger partial charge >= 0.3 is 0 Å². The topological polar surface area (TPSA) is 116 Å². The van der Waals surface area contributed by atoms with Gasteiger partial charge in [-0.2, -0.15) is 0 Å². The van der Waals surface area contributed by atoms with Crippen LogP contribution in [0.5, 0.6) is 5.75 Å². The number of hydrogen-bond donors (Lipinski definition) is 4. The van der Waals surface area contributed by atoms with Crippen molar-refractivity contribution in [1.29, 1.82) is 0 Å². The summed E-state index contributed by atoms with van der Waals surface area (Å²) >= 11 is 0. The van der Waals surface area contributed by atoms with Gasteiger partial charge in [0.1, 0.15) is 12.4 Å². The second kappa shape index (κ2) is 10.1. The van der Waals surface area contributed by atoms with E-state index < -0.39 is 5.91 Å². The SMILES string of the molecule is O=C(Nc1cccnc1)C(=Cc1ccc(C(=O)NO)cc1)COc1ccc2c(c1)[nH]c1ccccc12. The Morgan fingerprint density at radius 2 is 1.75 bits per heavy atom. The second-order valence-corrected chi connectivity index (χ2v) is 8.09. The molecule has 0 saturated carbocycles. The number of ether oxygens (including phenoxy) is 1. The molecule has 0 aliphatic carbocycles. The van der Waals surface area contributed by atoms with Crippen LogP contribution in [0.1, 0.15) is 15.9 Å². The van der Waals surface area contributed by atoms with Crippen molar-refractivity contribution in [3.05, 3.63) is 108 Å². The number of carbonyl (C=O) groups is 2. The van der Waals surface area contributed by atoms with Crippen molar-refractivity contribution >= 4 is 45.4 Å². The highest BCUT2D eigenvalue weighted by Gasteiger charge is 2.13. The monoisotopic (exact) mass is 478 g/mol. The van der Waals surface area contributed by atoms with Gasteiger partial charge in [-0.1, -0.05) is 30.3 Å². The Morgan fingerprint density at radius 1 is 0.944 bits per heavy atom. The average Bonchev–Trinajstić information content (AvgIpc) is 3.29. The molecule has 2 amide bonds. The molecule has 2 aromatic heterocycles. The number of benzene rings is 3. The highest BCUT2D eigenvalue weighted by Crippen LogP contribution is 2.28. The molecule has 0 radical (unpaired) electrons. The first-order valence-corrected chi connectivity index (χ1v) is 11.2. The first-order valence-electron chi connectivity index (χ1n) is 11.2. The van der Waals surface area contributed by atoms with Crippen molar-refractivity contribution in [2.45, 2.75) is 0 Å². The molecule has 3 aromatic carbocycles. The maximum atomic E-state index is 13.1. The molecule has 0 fully saturated rings. The van der Waals surface area contributed by atoms with Gasteiger partial charge in [0.05, 0.1) is 23.0 Å². The molecule has 8 heteroatoms. The van der Waals surface area contributed by atoms with Crippen LogP contribution in [0.15, 0.2) is 96.8 Å². The fraction of sp³-hybridized carbons (Fsp3) is 0.0357. The number of H-pyrrole nitrogens is 1. The highest BCUT2D eigenvalue weighted by molar-refractivity contribution is 6.08. The Labute approximate surface area is 206 Å². The quantitative estimate of drug-likeness (QED) is 0.150. The number of carbonyl (C=O) groups excluding carboxylic acids is 2. The smallest absolute Gasteiger partial charge is 0.274 e. The lowest BCUT2D eigenvalue weighted by atomic mass is 10.1. The number of nitrogens with zero attached hydrogens (tertiary/aromatic N) is 1. The molecule has 0 atom stereocenters. The number of nitrogens with one attached hydrogen (secondary N) is 3. The Bertz CT molecular complexity index is 1570. The molecule has 0 aliphatic heterocycles. The summed E-state index contributed by atoms with van der Waals surface area (Å²) in [5.74, 6) is -0.341. The first-order chi connectivity index (χ1) is 17.6. The minimum atomic E-state index is -0.615. The Balaban J connectivity index is 1.40. The van der Waals surface area contributed by atoms with E-state index in [1.54, 1.807) is 60.3 Å². The van der Waals surface area contributed by atoms with Crippen LogP contribution >= 0.6 is 0 Å². The molecule has 36 heavy (non-hydrogen) atoms. The molecule has 5 rings (SSSR count). The minimum Gasteiger partial charge on any atom is -0.489 e. The van der Waals surface area contributed by atoms with Crippen molar-refractivity contribution in [3.8, 4) is 5.75 Å². The van der Waals surface area contributed by atoms with Crippen LogP contribution < -0.4 is 15.5 Å². The standard InChI is InChI=1S/C28H22N4O4/c33-27(30-21-4-3-13-29-16-21)20(14-18-7-9-19(10-8-18)28(34)32-35)17-36-22-11-12-24-23-5-1-2-6-25(23)31-26(24)15-22/h1-16,31,35H,17H2,(H,30,33)(H,32,34). The summed E-state index contributed by atoms with van der Waals surface area (Å²) < 4.78 is 6.02. The van der Waals surface area contributed by atoms with Gasteiger partial charge in [0.25, 0.3) is 11.8 Å². The van der Waals surface area contributed by atoms with E-state index in [1.807, 2.05) is 36.4 Å². The van der Waals surface area contributed by atoms with Gasteiger partial charge in [-0.3, -0.25) is 19.8 Å². The third kappa shape index (κ3) is 4.94. The van der Waals surface area contributed by atoms with Crippen LogP contribution in [0.4, 0.5) is 5.69 Å². The zero-order chi connectivity index (χ0) is 24.9. The number of hydroxylamine groups is 1. The van der Waals surface area contributed by atoms with Crippen LogP contribution in [0.25, 0.3) is 27.9 Å². The molecule has 2 heterocycles. The van der Waals surface area contributed by atoms with Crippen LogP contribution in [0.2, 0.25) is 0 Å². The minimum absolute atomic E-state index is 0.0106. The lowest BCUT2D eigenvalue weighted by Gasteiger charge is -2.11. The molecule has 0 unspecified atom stereocenters. The number of pyridine rings is 1. The number of rotatable bonds is 7. The van der Waals surface area contributed by atoms with Crippen LogP contribution in [-0.2, 0) is 4.79 Å². The van der Waals surface area contributed by atoms with Gasteiger partial charge in [0, 0.05) is 34.1 Å². The second-order valence-electron chi connectivity index (χ2n) is 8.09. The molecule has 4 N–H and O–H groups in total. The van der Waals surface area contributed by atoms with E-state index in [0.29, 0.717) is 28.1 Å². The van der Waals surface area contributed by atoms with Crippen LogP contribution in [0, 0.1) is 0 Å². The fourth-order valence-electron chi connectivity index (χ4n) is 3.90. The van der Waals surface area contributed by atoms with Gasteiger partial charge in [-0.05, 0) is 54.1 Å². The molecular formula is C28H22N4O4. The van der Waals surface area contributed by atoms with Crippen molar-refractivity contribution in [2.24, 2.45) is 0 Å². The first kappa shape index (κ1) is 22.8. The van der Waals surface area contributed by atoms with E-state index in [-0.39, 0.29) is 12.5 Å². The molecule has 0 bridgehead atoms. The van der Waals surface area contributed by atoms with Crippen LogP contribution in [-0.4, -0.2) is 33.6 Å². The fourth-order valence-corrected chi connectivity index (χ4v) is 3.90. The summed E-state index contributed by atoms with van der Waals surface area (Å²) in [6.07, 6.45) is 4.87. The van der Waals surface area contributed by atoms with E-state index >= 15 is 0 Å². The lowest BCUT2D eigenvalue weighted by molar-refractivity contribution is -0.113. The Morgan fingerprint density at radius 3 is 2.53 bits per heavy atom. The molecule has 0 aliphatic rings. The predicted molar refractivity (Wildman–Crippen MR) is 138 cm³/mol. The number of aromatic nitrogens is 2. The number of hydrogen-bond acceptors (Lipinski definition) is 5. The summed E-state index contributed by atoms with van der Waals surface area (Å²) in [5, 5.41) is 13.9. The van der Waals surface area contributed by atoms with Crippen molar-refractivity contribution in [3.63, 3.8) is 0 Å². The van der Waals surface area contributed by atoms with E-state index in [4.69, 9.17) is 9.94 Å². The van der Waals surface area contributed by atoms with Crippen LogP contribution in [0.3, 0.4) is 0 Å². The maximum absolute atomic E-state index is 13.1. The molecule has 8 nitrogen and oxygen atoms in total. The van der Waals surface area contributed by atoms with E-state index in [9.17, 15) is 9.59 Å². The molecule has 5 aromatic rings. The summed E-state index contributed by atoms with van der Waals surface area (Å²) in [4.78, 5) is 32.1. The van der Waals surface area contributed by atoms with Gasteiger partial charge in [-0.25, -0.2) is 5.48 Å². The molecule has 0 saturated heterocycles. The summed E-state index contributed by atoms with van der Waals surface area (Å²) in [6.45, 7) is 0.0106. The normalized spacial score (nSPS) is 11.4. The average molecular weight is 479 g/mol. The summed E-state index contributed by atoms with van der Waals surface area (Å²) in [5.41, 5.74) is 5.49. The van der Waals surface area contributed by atoms with Gasteiger partial charge in [-0.15, -0.1) is 0 Å². The van der Waals surface area contributed by atoms with Crippen molar-refractivity contribution in [2.75, 3.05) is 11.9 Å². The molecular weight excluding hydrogens is 456 g/mol. The lowest BCUT2D eigenvalue weighted by Crippen LogP contribution is -2.19. The Kier molecular flexibility index (Phi) is 6.42. The summed E-state index contributed by atoms with van der Waals surface area (Å²) in [6, 6.07) is 23.8. The third-order valence-corrected chi connectivity index (χ3v) is 5.70. The van der Waals surface area contributed by atoms with E-state index in [2.05, 4.69) is 21.4 Å². The number of para-hydroxylation sites is 1. The van der Waals surface area contributed by atoms with Crippen molar-refractivity contribution in [1.82, 2.24) is 15.4 Å². The number of amides is 2. The highest BCUT2D eigenvalue weighted by atomic mass is 16.5. The number of anilines is 1. The molecule has 178 valence electrons. The van der Waals surface area contributed by atoms with Gasteiger partial charge in [0.2, 0.25) is 0 Å². The number of fused-ring (bicyclic) bond motifs is 3. The largest absolute Gasteiger partial charge is 0.489 e. The zero-order valence-electron chi connectivity index (χ0n) is 19.1. The van der Waals surface area contributed by atoms with E-state index in [0.717, 1.165) is 21.8 Å². The Hall–Kier alpha value is -4.95. The van der Waals surface area contributed by atoms with E-state index in [1.165, 1.54) is 0 Å².